The number of anilines is 1. The maximum atomic E-state index is 12.2. The van der Waals surface area contributed by atoms with Crippen LogP contribution in [-0.2, 0) is 14.6 Å². The van der Waals surface area contributed by atoms with E-state index >= 15 is 0 Å². The van der Waals surface area contributed by atoms with Gasteiger partial charge >= 0.3 is 0 Å². The number of sulfone groups is 1. The summed E-state index contributed by atoms with van der Waals surface area (Å²) in [6.07, 6.45) is 1.40. The van der Waals surface area contributed by atoms with Gasteiger partial charge in [-0.05, 0) is 25.6 Å². The standard InChI is InChI=1S/C16H22N2O5S/c1-18(13-5-8-24(20,21)11-13)10-16(19)17-12-3-4-14-15(9-12)23-7-2-6-22-14/h3-4,9,13H,2,5-8,10-11H2,1H3,(H,17,19). The lowest BCUT2D eigenvalue weighted by molar-refractivity contribution is -0.117. The highest BCUT2D eigenvalue weighted by Gasteiger charge is 2.31. The molecule has 1 aromatic rings. The molecule has 0 bridgehead atoms. The SMILES string of the molecule is CN(CC(=O)Nc1ccc2c(c1)OCCCO2)C1CCS(=O)(=O)C1. The van der Waals surface area contributed by atoms with Crippen molar-refractivity contribution in [3.8, 4) is 11.5 Å². The highest BCUT2D eigenvalue weighted by atomic mass is 32.2. The van der Waals surface area contributed by atoms with Crippen LogP contribution in [0.5, 0.6) is 11.5 Å². The predicted octanol–water partition coefficient (Wildman–Crippen LogP) is 0.905. The fourth-order valence-electron chi connectivity index (χ4n) is 2.92. The van der Waals surface area contributed by atoms with E-state index in [9.17, 15) is 13.2 Å². The number of nitrogens with one attached hydrogen (secondary N) is 1. The molecule has 0 saturated carbocycles. The van der Waals surface area contributed by atoms with Crippen molar-refractivity contribution >= 4 is 21.4 Å². The van der Waals surface area contributed by atoms with Crippen LogP contribution in [-0.4, -0.2) is 63.6 Å². The van der Waals surface area contributed by atoms with E-state index in [4.69, 9.17) is 9.47 Å². The molecule has 1 atom stereocenters. The summed E-state index contributed by atoms with van der Waals surface area (Å²) in [5.41, 5.74) is 0.636. The molecule has 2 aliphatic heterocycles. The maximum Gasteiger partial charge on any atom is 0.238 e. The Morgan fingerprint density at radius 3 is 2.75 bits per heavy atom. The number of hydrogen-bond acceptors (Lipinski definition) is 6. The Kier molecular flexibility index (Phi) is 4.96. The minimum absolute atomic E-state index is 0.0930. The van der Waals surface area contributed by atoms with Crippen LogP contribution in [0.3, 0.4) is 0 Å². The van der Waals surface area contributed by atoms with Gasteiger partial charge < -0.3 is 14.8 Å². The molecule has 0 radical (unpaired) electrons. The summed E-state index contributed by atoms with van der Waals surface area (Å²) < 4.78 is 34.2. The van der Waals surface area contributed by atoms with Gasteiger partial charge in [-0.3, -0.25) is 9.69 Å². The lowest BCUT2D eigenvalue weighted by Crippen LogP contribution is -2.38. The van der Waals surface area contributed by atoms with Gasteiger partial charge in [-0.25, -0.2) is 8.42 Å². The van der Waals surface area contributed by atoms with Crippen molar-refractivity contribution in [1.29, 1.82) is 0 Å². The van der Waals surface area contributed by atoms with Crippen molar-refractivity contribution in [1.82, 2.24) is 4.90 Å². The monoisotopic (exact) mass is 354 g/mol. The number of carbonyl (C=O) groups excluding carboxylic acids is 1. The van der Waals surface area contributed by atoms with Gasteiger partial charge in [0, 0.05) is 24.2 Å². The normalized spacial score (nSPS) is 22.2. The number of hydrogen-bond donors (Lipinski definition) is 1. The highest BCUT2D eigenvalue weighted by Crippen LogP contribution is 2.32. The van der Waals surface area contributed by atoms with Gasteiger partial charge in [-0.1, -0.05) is 0 Å². The minimum Gasteiger partial charge on any atom is -0.490 e. The topological polar surface area (TPSA) is 84.9 Å². The van der Waals surface area contributed by atoms with Crippen LogP contribution in [0.25, 0.3) is 0 Å². The molecular weight excluding hydrogens is 332 g/mol. The molecule has 8 heteroatoms. The number of likely N-dealkylation sites (N-methyl/N-ethyl adjacent to an activating group) is 1. The van der Waals surface area contributed by atoms with Gasteiger partial charge in [0.1, 0.15) is 0 Å². The molecular formula is C16H22N2O5S. The second kappa shape index (κ2) is 6.98. The second-order valence-corrected chi connectivity index (χ2v) is 8.46. The zero-order chi connectivity index (χ0) is 17.2. The van der Waals surface area contributed by atoms with Gasteiger partial charge in [0.2, 0.25) is 5.91 Å². The third-order valence-corrected chi connectivity index (χ3v) is 6.01. The smallest absolute Gasteiger partial charge is 0.238 e. The molecule has 24 heavy (non-hydrogen) atoms. The predicted molar refractivity (Wildman–Crippen MR) is 90.4 cm³/mol. The zero-order valence-corrected chi connectivity index (χ0v) is 14.5. The molecule has 1 amide bonds. The Hall–Kier alpha value is -1.80. The van der Waals surface area contributed by atoms with Crippen molar-refractivity contribution in [2.24, 2.45) is 0 Å². The van der Waals surface area contributed by atoms with E-state index in [0.717, 1.165) is 6.42 Å². The first-order valence-electron chi connectivity index (χ1n) is 8.03. The van der Waals surface area contributed by atoms with Crippen molar-refractivity contribution in [2.75, 3.05) is 43.6 Å². The van der Waals surface area contributed by atoms with Crippen molar-refractivity contribution in [3.05, 3.63) is 18.2 Å². The Morgan fingerprint density at radius 2 is 2.04 bits per heavy atom. The van der Waals surface area contributed by atoms with E-state index in [1.54, 1.807) is 30.1 Å². The third-order valence-electron chi connectivity index (χ3n) is 4.26. The molecule has 1 fully saturated rings. The molecule has 0 spiro atoms. The molecule has 0 aromatic heterocycles. The van der Waals surface area contributed by atoms with E-state index in [-0.39, 0.29) is 30.0 Å². The number of nitrogens with zero attached hydrogens (tertiary/aromatic N) is 1. The molecule has 3 rings (SSSR count). The number of ether oxygens (including phenoxy) is 2. The van der Waals surface area contributed by atoms with E-state index in [2.05, 4.69) is 5.32 Å². The van der Waals surface area contributed by atoms with Gasteiger partial charge in [-0.2, -0.15) is 0 Å². The number of fused-ring (bicyclic) bond motifs is 1. The van der Waals surface area contributed by atoms with Crippen LogP contribution < -0.4 is 14.8 Å². The van der Waals surface area contributed by atoms with Crippen LogP contribution in [0.4, 0.5) is 5.69 Å². The quantitative estimate of drug-likeness (QED) is 0.865. The number of rotatable bonds is 4. The number of amides is 1. The Labute approximate surface area is 141 Å². The summed E-state index contributed by atoms with van der Waals surface area (Å²) in [4.78, 5) is 14.0. The van der Waals surface area contributed by atoms with Crippen LogP contribution in [0.2, 0.25) is 0 Å². The molecule has 7 nitrogen and oxygen atoms in total. The Balaban J connectivity index is 1.58. The molecule has 1 aromatic carbocycles. The van der Waals surface area contributed by atoms with Gasteiger partial charge in [0.15, 0.2) is 21.3 Å². The summed E-state index contributed by atoms with van der Waals surface area (Å²) in [5, 5.41) is 2.82. The van der Waals surface area contributed by atoms with E-state index in [1.165, 1.54) is 0 Å². The van der Waals surface area contributed by atoms with Gasteiger partial charge in [-0.15, -0.1) is 0 Å². The lowest BCUT2D eigenvalue weighted by atomic mass is 10.2. The molecule has 2 heterocycles. The zero-order valence-electron chi connectivity index (χ0n) is 13.7. The molecule has 0 aliphatic carbocycles. The summed E-state index contributed by atoms with van der Waals surface area (Å²) in [6.45, 7) is 1.35. The molecule has 1 saturated heterocycles. The second-order valence-electron chi connectivity index (χ2n) is 6.23. The van der Waals surface area contributed by atoms with Gasteiger partial charge in [0.25, 0.3) is 0 Å². The number of carbonyl (C=O) groups is 1. The summed E-state index contributed by atoms with van der Waals surface area (Å²) in [6, 6.07) is 5.21. The Bertz CT molecular complexity index is 719. The van der Waals surface area contributed by atoms with Crippen molar-refractivity contribution in [3.63, 3.8) is 0 Å². The molecule has 1 N–H and O–H groups in total. The van der Waals surface area contributed by atoms with Crippen LogP contribution in [0, 0.1) is 0 Å². The van der Waals surface area contributed by atoms with Crippen LogP contribution in [0.1, 0.15) is 12.8 Å². The summed E-state index contributed by atoms with van der Waals surface area (Å²) in [5.74, 6) is 1.45. The van der Waals surface area contributed by atoms with Crippen molar-refractivity contribution in [2.45, 2.75) is 18.9 Å². The summed E-state index contributed by atoms with van der Waals surface area (Å²) in [7, 11) is -1.18. The average Bonchev–Trinajstić information content (AvgIpc) is 2.74. The van der Waals surface area contributed by atoms with Gasteiger partial charge in [0.05, 0.1) is 31.3 Å². The fraction of sp³-hybridized carbons (Fsp3) is 0.562. The minimum atomic E-state index is -2.95. The summed E-state index contributed by atoms with van der Waals surface area (Å²) >= 11 is 0. The Morgan fingerprint density at radius 1 is 1.29 bits per heavy atom. The highest BCUT2D eigenvalue weighted by molar-refractivity contribution is 7.91. The maximum absolute atomic E-state index is 12.2. The van der Waals surface area contributed by atoms with E-state index in [0.29, 0.717) is 36.8 Å². The first-order valence-corrected chi connectivity index (χ1v) is 9.85. The lowest BCUT2D eigenvalue weighted by Gasteiger charge is -2.22. The largest absolute Gasteiger partial charge is 0.490 e. The number of benzene rings is 1. The fourth-order valence-corrected chi connectivity index (χ4v) is 4.73. The molecule has 132 valence electrons. The van der Waals surface area contributed by atoms with E-state index < -0.39 is 9.84 Å². The molecule has 2 aliphatic rings. The van der Waals surface area contributed by atoms with E-state index in [1.807, 2.05) is 0 Å². The average molecular weight is 354 g/mol. The first kappa shape index (κ1) is 17.0. The van der Waals surface area contributed by atoms with Crippen LogP contribution >= 0.6 is 0 Å². The third kappa shape index (κ3) is 4.18. The first-order chi connectivity index (χ1) is 11.4. The molecule has 1 unspecified atom stereocenters. The van der Waals surface area contributed by atoms with Crippen LogP contribution in [0.15, 0.2) is 18.2 Å². The van der Waals surface area contributed by atoms with Crippen molar-refractivity contribution < 1.29 is 22.7 Å².